The summed E-state index contributed by atoms with van der Waals surface area (Å²) in [5.74, 6) is 1.56. The molecule has 0 unspecified atom stereocenters. The zero-order chi connectivity index (χ0) is 20.8. The molecule has 0 amide bonds. The molecule has 0 bridgehead atoms. The van der Waals surface area contributed by atoms with Crippen LogP contribution in [0.3, 0.4) is 0 Å². The Balaban J connectivity index is 1.57. The number of aryl methyl sites for hydroxylation is 1. The summed E-state index contributed by atoms with van der Waals surface area (Å²) >= 11 is 5.00. The van der Waals surface area contributed by atoms with Crippen molar-refractivity contribution in [2.75, 3.05) is 0 Å². The lowest BCUT2D eigenvalue weighted by molar-refractivity contribution is -0.384. The molecule has 3 rings (SSSR count). The highest BCUT2D eigenvalue weighted by atomic mass is 79.9. The van der Waals surface area contributed by atoms with Crippen LogP contribution in [0.5, 0.6) is 5.75 Å². The average molecular weight is 476 g/mol. The first-order valence-corrected chi connectivity index (χ1v) is 10.5. The van der Waals surface area contributed by atoms with Crippen molar-refractivity contribution in [2.45, 2.75) is 26.4 Å². The third-order valence-electron chi connectivity index (χ3n) is 3.99. The van der Waals surface area contributed by atoms with Crippen molar-refractivity contribution in [1.29, 1.82) is 0 Å². The van der Waals surface area contributed by atoms with Gasteiger partial charge in [0.1, 0.15) is 23.9 Å². The molecule has 150 valence electrons. The lowest BCUT2D eigenvalue weighted by atomic mass is 10.2. The first-order chi connectivity index (χ1) is 14.0. The minimum atomic E-state index is -0.463. The molecule has 0 aliphatic rings. The third-order valence-corrected chi connectivity index (χ3v) is 6.17. The van der Waals surface area contributed by atoms with E-state index in [1.807, 2.05) is 6.07 Å². The number of nitro benzene ring substituents is 1. The molecule has 29 heavy (non-hydrogen) atoms. The largest absolute Gasteiger partial charge is 0.486 e. The smallest absolute Gasteiger partial charge is 0.269 e. The molecule has 0 saturated carbocycles. The van der Waals surface area contributed by atoms with Gasteiger partial charge < -0.3 is 9.15 Å². The van der Waals surface area contributed by atoms with Gasteiger partial charge in [-0.15, -0.1) is 11.3 Å². The third kappa shape index (κ3) is 5.65. The maximum absolute atomic E-state index is 12.4. The van der Waals surface area contributed by atoms with E-state index in [-0.39, 0.29) is 18.1 Å². The second-order valence-electron chi connectivity index (χ2n) is 6.17. The molecule has 0 spiro atoms. The van der Waals surface area contributed by atoms with E-state index in [0.717, 1.165) is 17.3 Å². The number of benzene rings is 1. The van der Waals surface area contributed by atoms with Crippen LogP contribution in [0.2, 0.25) is 0 Å². The van der Waals surface area contributed by atoms with Gasteiger partial charge in [-0.05, 0) is 64.8 Å². The molecule has 0 atom stereocenters. The van der Waals surface area contributed by atoms with Crippen LogP contribution < -0.4 is 4.74 Å². The van der Waals surface area contributed by atoms with Crippen LogP contribution in [0.15, 0.2) is 57.4 Å². The van der Waals surface area contributed by atoms with Gasteiger partial charge in [0.2, 0.25) is 0 Å². The molecular formula is C21H18BrNO5S. The number of halogens is 1. The second-order valence-corrected chi connectivity index (χ2v) is 8.16. The van der Waals surface area contributed by atoms with Gasteiger partial charge in [-0.3, -0.25) is 14.9 Å². The van der Waals surface area contributed by atoms with Gasteiger partial charge in [-0.1, -0.05) is 13.3 Å². The lowest BCUT2D eigenvalue weighted by Gasteiger charge is -2.03. The molecule has 1 aromatic carbocycles. The number of furan rings is 1. The van der Waals surface area contributed by atoms with Gasteiger partial charge in [0, 0.05) is 21.5 Å². The molecule has 0 aliphatic heterocycles. The molecule has 6 nitrogen and oxygen atoms in total. The molecule has 2 aromatic heterocycles. The fourth-order valence-electron chi connectivity index (χ4n) is 2.55. The Morgan fingerprint density at radius 3 is 2.72 bits per heavy atom. The molecule has 2 heterocycles. The van der Waals surface area contributed by atoms with Crippen LogP contribution in [0.4, 0.5) is 5.69 Å². The monoisotopic (exact) mass is 475 g/mol. The van der Waals surface area contributed by atoms with Crippen LogP contribution in [0.25, 0.3) is 6.08 Å². The van der Waals surface area contributed by atoms with E-state index in [1.165, 1.54) is 46.6 Å². The van der Waals surface area contributed by atoms with Gasteiger partial charge in [0.25, 0.3) is 5.69 Å². The van der Waals surface area contributed by atoms with E-state index in [1.54, 1.807) is 18.2 Å². The Morgan fingerprint density at radius 1 is 1.28 bits per heavy atom. The highest BCUT2D eigenvalue weighted by Gasteiger charge is 2.11. The number of carbonyl (C=O) groups excluding carboxylic acids is 1. The van der Waals surface area contributed by atoms with Gasteiger partial charge in [0.15, 0.2) is 5.78 Å². The Bertz CT molecular complexity index is 1040. The Hall–Kier alpha value is -2.71. The zero-order valence-corrected chi connectivity index (χ0v) is 18.0. The number of non-ortho nitro benzene ring substituents is 1. The van der Waals surface area contributed by atoms with Crippen molar-refractivity contribution in [3.8, 4) is 5.75 Å². The topological polar surface area (TPSA) is 82.6 Å². The molecule has 0 fully saturated rings. The molecule has 3 aromatic rings. The highest BCUT2D eigenvalue weighted by molar-refractivity contribution is 9.10. The minimum absolute atomic E-state index is 0.00650. The van der Waals surface area contributed by atoms with Crippen molar-refractivity contribution in [2.24, 2.45) is 0 Å². The van der Waals surface area contributed by atoms with Crippen molar-refractivity contribution in [1.82, 2.24) is 0 Å². The standard InChI is InChI=1S/C21H18BrNO5S/c1-2-3-20-18(22)12-21(29-20)19(24)11-10-16-8-9-17(28-16)13-27-15-6-4-14(5-7-15)23(25)26/h4-12H,2-3,13H2,1H3/b11-10+. The Morgan fingerprint density at radius 2 is 2.03 bits per heavy atom. The Kier molecular flexibility index (Phi) is 7.00. The van der Waals surface area contributed by atoms with E-state index in [4.69, 9.17) is 9.15 Å². The zero-order valence-electron chi connectivity index (χ0n) is 15.6. The number of ketones is 1. The Labute approximate surface area is 180 Å². The molecular weight excluding hydrogens is 458 g/mol. The van der Waals surface area contributed by atoms with E-state index >= 15 is 0 Å². The van der Waals surface area contributed by atoms with Gasteiger partial charge in [0.05, 0.1) is 9.80 Å². The quantitative estimate of drug-likeness (QED) is 0.154. The first-order valence-electron chi connectivity index (χ1n) is 8.93. The average Bonchev–Trinajstić information content (AvgIpc) is 3.32. The maximum Gasteiger partial charge on any atom is 0.269 e. The number of thiophene rings is 1. The summed E-state index contributed by atoms with van der Waals surface area (Å²) in [4.78, 5) is 24.4. The summed E-state index contributed by atoms with van der Waals surface area (Å²) in [6, 6.07) is 11.2. The summed E-state index contributed by atoms with van der Waals surface area (Å²) in [5, 5.41) is 10.7. The predicted molar refractivity (Wildman–Crippen MR) is 116 cm³/mol. The van der Waals surface area contributed by atoms with Crippen molar-refractivity contribution < 1.29 is 18.9 Å². The molecule has 0 N–H and O–H groups in total. The van der Waals surface area contributed by atoms with Gasteiger partial charge in [-0.2, -0.15) is 0 Å². The minimum Gasteiger partial charge on any atom is -0.486 e. The van der Waals surface area contributed by atoms with Crippen LogP contribution in [-0.2, 0) is 13.0 Å². The summed E-state index contributed by atoms with van der Waals surface area (Å²) in [5.41, 5.74) is 0.00650. The summed E-state index contributed by atoms with van der Waals surface area (Å²) < 4.78 is 12.2. The van der Waals surface area contributed by atoms with E-state index < -0.39 is 4.92 Å². The SMILES string of the molecule is CCCc1sc(C(=O)/C=C/c2ccc(COc3ccc([N+](=O)[O-])cc3)o2)cc1Br. The van der Waals surface area contributed by atoms with E-state index in [0.29, 0.717) is 22.1 Å². The van der Waals surface area contributed by atoms with Crippen LogP contribution in [0, 0.1) is 10.1 Å². The van der Waals surface area contributed by atoms with Gasteiger partial charge in [-0.25, -0.2) is 0 Å². The number of allylic oxidation sites excluding steroid dienone is 1. The number of hydrogen-bond donors (Lipinski definition) is 0. The van der Waals surface area contributed by atoms with Crippen molar-refractivity contribution >= 4 is 44.8 Å². The number of nitro groups is 1. The second kappa shape index (κ2) is 9.67. The number of ether oxygens (including phenoxy) is 1. The number of rotatable bonds is 9. The normalized spacial score (nSPS) is 11.1. The molecule has 0 radical (unpaired) electrons. The number of nitrogens with zero attached hydrogens (tertiary/aromatic N) is 1. The molecule has 0 saturated heterocycles. The first kappa shape index (κ1) is 21.0. The van der Waals surface area contributed by atoms with Crippen molar-refractivity contribution in [3.05, 3.63) is 84.4 Å². The van der Waals surface area contributed by atoms with Crippen LogP contribution in [0.1, 0.15) is 39.4 Å². The summed E-state index contributed by atoms with van der Waals surface area (Å²) in [6.45, 7) is 2.28. The summed E-state index contributed by atoms with van der Waals surface area (Å²) in [7, 11) is 0. The maximum atomic E-state index is 12.4. The van der Waals surface area contributed by atoms with Crippen LogP contribution in [-0.4, -0.2) is 10.7 Å². The van der Waals surface area contributed by atoms with Crippen molar-refractivity contribution in [3.63, 3.8) is 0 Å². The lowest BCUT2D eigenvalue weighted by Crippen LogP contribution is -1.94. The fourth-order valence-corrected chi connectivity index (χ4v) is 4.44. The van der Waals surface area contributed by atoms with E-state index in [2.05, 4.69) is 22.9 Å². The van der Waals surface area contributed by atoms with Gasteiger partial charge >= 0.3 is 0 Å². The van der Waals surface area contributed by atoms with E-state index in [9.17, 15) is 14.9 Å². The predicted octanol–water partition coefficient (Wildman–Crippen LogP) is 6.44. The highest BCUT2D eigenvalue weighted by Crippen LogP contribution is 2.29. The molecule has 0 aliphatic carbocycles. The summed E-state index contributed by atoms with van der Waals surface area (Å²) in [6.07, 6.45) is 5.09. The fraction of sp³-hybridized carbons (Fsp3) is 0.190. The molecule has 8 heteroatoms. The number of carbonyl (C=O) groups is 1. The van der Waals surface area contributed by atoms with Crippen LogP contribution >= 0.6 is 27.3 Å². The number of hydrogen-bond acceptors (Lipinski definition) is 6.